The number of hydrogen-bond donors (Lipinski definition) is 4. The van der Waals surface area contributed by atoms with E-state index in [0.29, 0.717) is 11.8 Å². The molecule has 4 N–H and O–H groups in total. The Balaban J connectivity index is 1.54. The minimum absolute atomic E-state index is 0.237. The lowest BCUT2D eigenvalue weighted by Crippen LogP contribution is -2.42. The minimum atomic E-state index is -0.237. The average molecular weight is 381 g/mol. The molecule has 1 fully saturated rings. The van der Waals surface area contributed by atoms with E-state index < -0.39 is 0 Å². The van der Waals surface area contributed by atoms with Crippen LogP contribution in [-0.4, -0.2) is 44.6 Å². The topological polar surface area (TPSA) is 89.7 Å². The highest BCUT2D eigenvalue weighted by atomic mass is 16.3. The van der Waals surface area contributed by atoms with Crippen molar-refractivity contribution in [3.63, 3.8) is 0 Å². The highest BCUT2D eigenvalue weighted by Crippen LogP contribution is 2.23. The Kier molecular flexibility index (Phi) is 4.85. The van der Waals surface area contributed by atoms with Crippen molar-refractivity contribution in [2.24, 2.45) is 4.99 Å². The first kappa shape index (κ1) is 18.2. The number of amidine groups is 1. The molecule has 3 heterocycles. The molecule has 28 heavy (non-hydrogen) atoms. The molecule has 1 atom stereocenters. The molecule has 0 radical (unpaired) electrons. The zero-order chi connectivity index (χ0) is 19.7. The summed E-state index contributed by atoms with van der Waals surface area (Å²) in [5, 5.41) is 19.9. The van der Waals surface area contributed by atoms with Gasteiger partial charge in [-0.3, -0.25) is 4.57 Å². The molecule has 0 bridgehead atoms. The lowest BCUT2D eigenvalue weighted by molar-refractivity contribution is 0.356. The Morgan fingerprint density at radius 3 is 2.75 bits per heavy atom. The van der Waals surface area contributed by atoms with Gasteiger partial charge in [0.15, 0.2) is 5.84 Å². The first-order chi connectivity index (χ1) is 13.5. The third kappa shape index (κ3) is 3.49. The number of nitrogens with one attached hydrogen (secondary N) is 3. The maximum atomic E-state index is 9.43. The van der Waals surface area contributed by atoms with Gasteiger partial charge in [-0.15, -0.1) is 0 Å². The number of nitrogens with zero attached hydrogens (tertiary/aromatic N) is 4. The minimum Gasteiger partial charge on any atom is -0.508 e. The summed E-state index contributed by atoms with van der Waals surface area (Å²) in [6, 6.07) is 7.68. The number of aryl methyl sites for hydroxylation is 1. The molecule has 8 heteroatoms. The smallest absolute Gasteiger partial charge is 0.204 e. The SMILES string of the molecule is Cc1nccn1C1N=C2C(=C(NCCc3ccc(O)cc3)N1)NCN2C(C)C. The first-order valence-electron chi connectivity index (χ1n) is 9.63. The van der Waals surface area contributed by atoms with Crippen LogP contribution in [0.1, 0.15) is 31.5 Å². The maximum Gasteiger partial charge on any atom is 0.204 e. The molecule has 1 unspecified atom stereocenters. The van der Waals surface area contributed by atoms with E-state index in [0.717, 1.165) is 42.8 Å². The van der Waals surface area contributed by atoms with Crippen LogP contribution in [0.3, 0.4) is 0 Å². The Morgan fingerprint density at radius 1 is 1.29 bits per heavy atom. The van der Waals surface area contributed by atoms with Crippen molar-refractivity contribution < 1.29 is 5.11 Å². The molecule has 4 rings (SSSR count). The van der Waals surface area contributed by atoms with Crippen molar-refractivity contribution in [1.29, 1.82) is 0 Å². The van der Waals surface area contributed by atoms with Gasteiger partial charge in [0.1, 0.15) is 23.1 Å². The van der Waals surface area contributed by atoms with Crippen molar-refractivity contribution in [3.05, 3.63) is 59.6 Å². The second-order valence-electron chi connectivity index (χ2n) is 7.34. The van der Waals surface area contributed by atoms with Crippen LogP contribution in [0.25, 0.3) is 0 Å². The predicted molar refractivity (Wildman–Crippen MR) is 108 cm³/mol. The number of hydrogen-bond acceptors (Lipinski definition) is 7. The Morgan fingerprint density at radius 2 is 2.07 bits per heavy atom. The lowest BCUT2D eigenvalue weighted by Gasteiger charge is -2.30. The molecule has 8 nitrogen and oxygen atoms in total. The summed E-state index contributed by atoms with van der Waals surface area (Å²) < 4.78 is 2.03. The van der Waals surface area contributed by atoms with Gasteiger partial charge in [-0.1, -0.05) is 12.1 Å². The van der Waals surface area contributed by atoms with Gasteiger partial charge in [-0.2, -0.15) is 0 Å². The van der Waals surface area contributed by atoms with Gasteiger partial charge in [-0.05, 0) is 44.9 Å². The molecule has 1 aromatic heterocycles. The Bertz CT molecular complexity index is 898. The van der Waals surface area contributed by atoms with Crippen molar-refractivity contribution in [1.82, 2.24) is 30.4 Å². The standard InChI is InChI=1S/C20H27N7O/c1-13(2)27-12-23-17-18(22-9-8-15-4-6-16(28)7-5-15)24-20(25-19(17)27)26-11-10-21-14(26)3/h4-7,10-11,13,20,22-24,28H,8-9,12H2,1-3H3. The van der Waals surface area contributed by atoms with Crippen molar-refractivity contribution in [2.45, 2.75) is 39.5 Å². The summed E-state index contributed by atoms with van der Waals surface area (Å²) in [5.41, 5.74) is 2.18. The fraction of sp³-hybridized carbons (Fsp3) is 0.400. The highest BCUT2D eigenvalue weighted by molar-refractivity contribution is 6.00. The molecule has 0 spiro atoms. The second kappa shape index (κ2) is 7.46. The highest BCUT2D eigenvalue weighted by Gasteiger charge is 2.33. The monoisotopic (exact) mass is 381 g/mol. The quantitative estimate of drug-likeness (QED) is 0.608. The third-order valence-electron chi connectivity index (χ3n) is 5.09. The zero-order valence-electron chi connectivity index (χ0n) is 16.5. The Labute approximate surface area is 165 Å². The largest absolute Gasteiger partial charge is 0.508 e. The van der Waals surface area contributed by atoms with Gasteiger partial charge < -0.3 is 26.0 Å². The van der Waals surface area contributed by atoms with Crippen molar-refractivity contribution in [3.8, 4) is 5.75 Å². The second-order valence-corrected chi connectivity index (χ2v) is 7.34. The number of fused-ring (bicyclic) bond motifs is 1. The molecule has 2 aliphatic rings. The van der Waals surface area contributed by atoms with E-state index in [-0.39, 0.29) is 6.29 Å². The van der Waals surface area contributed by atoms with E-state index in [9.17, 15) is 5.11 Å². The molecule has 0 amide bonds. The van der Waals surface area contributed by atoms with E-state index >= 15 is 0 Å². The van der Waals surface area contributed by atoms with E-state index in [1.165, 1.54) is 5.56 Å². The third-order valence-corrected chi connectivity index (χ3v) is 5.09. The van der Waals surface area contributed by atoms with E-state index in [4.69, 9.17) is 4.99 Å². The summed E-state index contributed by atoms with van der Waals surface area (Å²) in [7, 11) is 0. The number of aliphatic imine (C=N–C) groups is 1. The molecule has 0 saturated carbocycles. The van der Waals surface area contributed by atoms with Crippen LogP contribution in [0.4, 0.5) is 0 Å². The molecular weight excluding hydrogens is 354 g/mol. The van der Waals surface area contributed by atoms with Crippen LogP contribution >= 0.6 is 0 Å². The average Bonchev–Trinajstić information content (AvgIpc) is 3.29. The summed E-state index contributed by atoms with van der Waals surface area (Å²) in [6.07, 6.45) is 4.35. The molecule has 2 aromatic rings. The van der Waals surface area contributed by atoms with Crippen LogP contribution in [-0.2, 0) is 6.42 Å². The number of benzene rings is 1. The van der Waals surface area contributed by atoms with Crippen molar-refractivity contribution in [2.75, 3.05) is 13.2 Å². The summed E-state index contributed by atoms with van der Waals surface area (Å²) in [6.45, 7) is 7.83. The number of rotatable bonds is 6. The summed E-state index contributed by atoms with van der Waals surface area (Å²) in [5.74, 6) is 3.12. The first-order valence-corrected chi connectivity index (χ1v) is 9.63. The van der Waals surface area contributed by atoms with Gasteiger partial charge in [0, 0.05) is 25.0 Å². The normalized spacial score (nSPS) is 18.6. The van der Waals surface area contributed by atoms with Crippen LogP contribution < -0.4 is 16.0 Å². The van der Waals surface area contributed by atoms with Crippen LogP contribution in [0.5, 0.6) is 5.75 Å². The fourth-order valence-electron chi connectivity index (χ4n) is 3.49. The predicted octanol–water partition coefficient (Wildman–Crippen LogP) is 1.63. The molecular formula is C20H27N7O. The number of phenols is 1. The fourth-order valence-corrected chi connectivity index (χ4v) is 3.49. The molecule has 1 aromatic carbocycles. The van der Waals surface area contributed by atoms with Crippen LogP contribution in [0, 0.1) is 6.92 Å². The van der Waals surface area contributed by atoms with Gasteiger partial charge in [0.05, 0.1) is 6.67 Å². The molecule has 1 saturated heterocycles. The number of imidazole rings is 1. The summed E-state index contributed by atoms with van der Waals surface area (Å²) >= 11 is 0. The lowest BCUT2D eigenvalue weighted by atomic mass is 10.1. The number of aromatic hydroxyl groups is 1. The maximum absolute atomic E-state index is 9.43. The van der Waals surface area contributed by atoms with Gasteiger partial charge in [0.2, 0.25) is 6.29 Å². The van der Waals surface area contributed by atoms with Crippen LogP contribution in [0.15, 0.2) is 53.2 Å². The number of aromatic nitrogens is 2. The van der Waals surface area contributed by atoms with E-state index in [2.05, 4.69) is 39.7 Å². The molecule has 2 aliphatic heterocycles. The summed E-state index contributed by atoms with van der Waals surface area (Å²) in [4.78, 5) is 11.5. The van der Waals surface area contributed by atoms with E-state index in [1.54, 1.807) is 18.3 Å². The van der Waals surface area contributed by atoms with Gasteiger partial charge >= 0.3 is 0 Å². The number of phenolic OH excluding ortho intramolecular Hbond substituents is 1. The van der Waals surface area contributed by atoms with Gasteiger partial charge in [-0.25, -0.2) is 9.98 Å². The van der Waals surface area contributed by atoms with Crippen LogP contribution in [0.2, 0.25) is 0 Å². The van der Waals surface area contributed by atoms with Gasteiger partial charge in [0.25, 0.3) is 0 Å². The molecule has 0 aliphatic carbocycles. The van der Waals surface area contributed by atoms with Crippen molar-refractivity contribution >= 4 is 5.84 Å². The molecule has 148 valence electrons. The van der Waals surface area contributed by atoms with E-state index in [1.807, 2.05) is 29.8 Å². The zero-order valence-corrected chi connectivity index (χ0v) is 16.5. The Hall–Kier alpha value is -3.16.